The first-order chi connectivity index (χ1) is 11.8. The molecule has 25 heavy (non-hydrogen) atoms. The van der Waals surface area contributed by atoms with E-state index in [1.165, 1.54) is 10.6 Å². The Balaban J connectivity index is 1.72. The number of amides is 1. The van der Waals surface area contributed by atoms with Crippen LogP contribution in [-0.2, 0) is 20.6 Å². The SMILES string of the molecule is CS(=O)(=O)N1CCCC(C(=O)NCCSCc2c(Cl)cccc2Cl)C1. The maximum Gasteiger partial charge on any atom is 0.224 e. The third-order valence-electron chi connectivity index (χ3n) is 4.08. The molecule has 1 aliphatic heterocycles. The van der Waals surface area contributed by atoms with Gasteiger partial charge in [0, 0.05) is 41.2 Å². The van der Waals surface area contributed by atoms with Crippen LogP contribution >= 0.6 is 35.0 Å². The minimum atomic E-state index is -3.24. The number of halogens is 2. The summed E-state index contributed by atoms with van der Waals surface area (Å²) in [6.45, 7) is 1.30. The largest absolute Gasteiger partial charge is 0.355 e. The van der Waals surface area contributed by atoms with E-state index in [0.29, 0.717) is 35.3 Å². The average Bonchev–Trinajstić information content (AvgIpc) is 2.56. The Morgan fingerprint density at radius 3 is 2.68 bits per heavy atom. The molecule has 1 amide bonds. The highest BCUT2D eigenvalue weighted by Gasteiger charge is 2.29. The first-order valence-corrected chi connectivity index (χ1v) is 11.8. The fraction of sp³-hybridized carbons (Fsp3) is 0.562. The molecule has 0 radical (unpaired) electrons. The van der Waals surface area contributed by atoms with Gasteiger partial charge in [0.25, 0.3) is 0 Å². The Hall–Kier alpha value is -0.470. The zero-order valence-electron chi connectivity index (χ0n) is 14.0. The Morgan fingerprint density at radius 1 is 1.36 bits per heavy atom. The van der Waals surface area contributed by atoms with E-state index in [-0.39, 0.29) is 18.4 Å². The summed E-state index contributed by atoms with van der Waals surface area (Å²) in [6, 6.07) is 5.42. The molecule has 1 fully saturated rings. The first-order valence-electron chi connectivity index (χ1n) is 8.02. The quantitative estimate of drug-likeness (QED) is 0.682. The van der Waals surface area contributed by atoms with Gasteiger partial charge < -0.3 is 5.32 Å². The number of benzene rings is 1. The van der Waals surface area contributed by atoms with Crippen LogP contribution in [0.3, 0.4) is 0 Å². The van der Waals surface area contributed by atoms with Crippen LogP contribution in [0.5, 0.6) is 0 Å². The van der Waals surface area contributed by atoms with Gasteiger partial charge in [-0.25, -0.2) is 12.7 Å². The molecule has 1 aromatic carbocycles. The summed E-state index contributed by atoms with van der Waals surface area (Å²) >= 11 is 13.9. The molecule has 9 heteroatoms. The number of hydrogen-bond donors (Lipinski definition) is 1. The predicted octanol–water partition coefficient (Wildman–Crippen LogP) is 3.01. The van der Waals surface area contributed by atoms with Gasteiger partial charge in [-0.3, -0.25) is 4.79 Å². The minimum absolute atomic E-state index is 0.0790. The number of carbonyl (C=O) groups excluding carboxylic acids is 1. The van der Waals surface area contributed by atoms with Gasteiger partial charge in [0.1, 0.15) is 0 Å². The first kappa shape index (κ1) is 20.8. The average molecular weight is 425 g/mol. The summed E-state index contributed by atoms with van der Waals surface area (Å²) in [5, 5.41) is 4.18. The van der Waals surface area contributed by atoms with Gasteiger partial charge in [0.05, 0.1) is 12.2 Å². The monoisotopic (exact) mass is 424 g/mol. The summed E-state index contributed by atoms with van der Waals surface area (Å²) in [7, 11) is -3.24. The molecular formula is C16H22Cl2N2O3S2. The number of rotatable bonds is 7. The van der Waals surface area contributed by atoms with E-state index in [1.54, 1.807) is 11.8 Å². The lowest BCUT2D eigenvalue weighted by Gasteiger charge is -2.30. The standard InChI is InChI=1S/C16H22Cl2N2O3S2/c1-25(22,23)20-8-3-4-12(10-20)16(21)19-7-9-24-11-13-14(17)5-2-6-15(13)18/h2,5-6,12H,3-4,7-11H2,1H3,(H,19,21). The Labute approximate surface area is 163 Å². The van der Waals surface area contributed by atoms with Crippen molar-refractivity contribution >= 4 is 50.9 Å². The number of hydrogen-bond acceptors (Lipinski definition) is 4. The van der Waals surface area contributed by atoms with Gasteiger partial charge >= 0.3 is 0 Å². The zero-order chi connectivity index (χ0) is 18.4. The number of nitrogens with zero attached hydrogens (tertiary/aromatic N) is 1. The summed E-state index contributed by atoms with van der Waals surface area (Å²) in [4.78, 5) is 12.2. The molecule has 0 saturated carbocycles. The predicted molar refractivity (Wildman–Crippen MR) is 105 cm³/mol. The van der Waals surface area contributed by atoms with Gasteiger partial charge in [-0.2, -0.15) is 11.8 Å². The van der Waals surface area contributed by atoms with Crippen molar-refractivity contribution in [2.45, 2.75) is 18.6 Å². The van der Waals surface area contributed by atoms with E-state index in [0.717, 1.165) is 17.7 Å². The molecule has 0 spiro atoms. The highest BCUT2D eigenvalue weighted by molar-refractivity contribution is 7.98. The van der Waals surface area contributed by atoms with Crippen molar-refractivity contribution in [3.8, 4) is 0 Å². The highest BCUT2D eigenvalue weighted by atomic mass is 35.5. The van der Waals surface area contributed by atoms with E-state index in [1.807, 2.05) is 18.2 Å². The zero-order valence-corrected chi connectivity index (χ0v) is 17.1. The van der Waals surface area contributed by atoms with E-state index in [4.69, 9.17) is 23.2 Å². The molecular weight excluding hydrogens is 403 g/mol. The molecule has 1 heterocycles. The fourth-order valence-corrected chi connectivity index (χ4v) is 5.20. The van der Waals surface area contributed by atoms with Crippen LogP contribution in [0.15, 0.2) is 18.2 Å². The molecule has 1 aliphatic rings. The molecule has 0 bridgehead atoms. The van der Waals surface area contributed by atoms with Crippen LogP contribution in [0.2, 0.25) is 10.0 Å². The lowest BCUT2D eigenvalue weighted by Crippen LogP contribution is -2.45. The van der Waals surface area contributed by atoms with Crippen molar-refractivity contribution in [3.63, 3.8) is 0 Å². The molecule has 1 unspecified atom stereocenters. The molecule has 1 saturated heterocycles. The summed E-state index contributed by atoms with van der Waals surface area (Å²) in [6.07, 6.45) is 2.62. The maximum absolute atomic E-state index is 12.2. The lowest BCUT2D eigenvalue weighted by molar-refractivity contribution is -0.125. The number of thioether (sulfide) groups is 1. The third-order valence-corrected chi connectivity index (χ3v) is 7.04. The van der Waals surface area contributed by atoms with Crippen molar-refractivity contribution in [3.05, 3.63) is 33.8 Å². The Bertz CT molecular complexity index is 693. The molecule has 1 aromatic rings. The second-order valence-electron chi connectivity index (χ2n) is 6.00. The van der Waals surface area contributed by atoms with Gasteiger partial charge in [0.15, 0.2) is 0 Å². The van der Waals surface area contributed by atoms with Crippen LogP contribution in [0.1, 0.15) is 18.4 Å². The van der Waals surface area contributed by atoms with Crippen LogP contribution < -0.4 is 5.32 Å². The number of carbonyl (C=O) groups is 1. The molecule has 0 aliphatic carbocycles. The van der Waals surface area contributed by atoms with Gasteiger partial charge in [-0.1, -0.05) is 29.3 Å². The van der Waals surface area contributed by atoms with E-state index < -0.39 is 10.0 Å². The molecule has 140 valence electrons. The molecule has 5 nitrogen and oxygen atoms in total. The van der Waals surface area contributed by atoms with Crippen molar-refractivity contribution in [2.75, 3.05) is 31.6 Å². The van der Waals surface area contributed by atoms with Gasteiger partial charge in [-0.05, 0) is 30.5 Å². The topological polar surface area (TPSA) is 66.5 Å². The van der Waals surface area contributed by atoms with Crippen LogP contribution in [-0.4, -0.2) is 50.3 Å². The van der Waals surface area contributed by atoms with Gasteiger partial charge in [-0.15, -0.1) is 0 Å². The van der Waals surface area contributed by atoms with Crippen molar-refractivity contribution < 1.29 is 13.2 Å². The van der Waals surface area contributed by atoms with Crippen molar-refractivity contribution in [1.82, 2.24) is 9.62 Å². The van der Waals surface area contributed by atoms with Crippen LogP contribution in [0.4, 0.5) is 0 Å². The van der Waals surface area contributed by atoms with Crippen molar-refractivity contribution in [2.24, 2.45) is 5.92 Å². The summed E-state index contributed by atoms with van der Waals surface area (Å²) in [5.74, 6) is 1.06. The number of nitrogens with one attached hydrogen (secondary N) is 1. The second kappa shape index (κ2) is 9.46. The second-order valence-corrected chi connectivity index (χ2v) is 9.91. The van der Waals surface area contributed by atoms with Crippen LogP contribution in [0, 0.1) is 5.92 Å². The minimum Gasteiger partial charge on any atom is -0.355 e. The molecule has 1 N–H and O–H groups in total. The Morgan fingerprint density at radius 2 is 2.04 bits per heavy atom. The van der Waals surface area contributed by atoms with Crippen molar-refractivity contribution in [1.29, 1.82) is 0 Å². The van der Waals surface area contributed by atoms with E-state index in [2.05, 4.69) is 5.32 Å². The van der Waals surface area contributed by atoms with Gasteiger partial charge in [0.2, 0.25) is 15.9 Å². The Kier molecular flexibility index (Phi) is 7.89. The third kappa shape index (κ3) is 6.32. The normalized spacial score (nSPS) is 18.9. The number of piperidine rings is 1. The molecule has 1 atom stereocenters. The van der Waals surface area contributed by atoms with Crippen LogP contribution in [0.25, 0.3) is 0 Å². The lowest BCUT2D eigenvalue weighted by atomic mass is 9.99. The number of sulfonamides is 1. The highest BCUT2D eigenvalue weighted by Crippen LogP contribution is 2.28. The van der Waals surface area contributed by atoms with E-state index >= 15 is 0 Å². The fourth-order valence-electron chi connectivity index (χ4n) is 2.69. The van der Waals surface area contributed by atoms with E-state index in [9.17, 15) is 13.2 Å². The maximum atomic E-state index is 12.2. The molecule has 0 aromatic heterocycles. The smallest absolute Gasteiger partial charge is 0.224 e. The summed E-state index contributed by atoms with van der Waals surface area (Å²) < 4.78 is 24.6. The molecule has 2 rings (SSSR count). The summed E-state index contributed by atoms with van der Waals surface area (Å²) in [5.41, 5.74) is 0.901.